The molecule has 0 bridgehead atoms. The van der Waals surface area contributed by atoms with Crippen LogP contribution in [0.3, 0.4) is 0 Å². The van der Waals surface area contributed by atoms with Crippen molar-refractivity contribution in [2.24, 2.45) is 0 Å². The molecule has 0 saturated carbocycles. The molecule has 0 fully saturated rings. The van der Waals surface area contributed by atoms with E-state index in [9.17, 15) is 0 Å². The SMILES string of the molecule is C[SiH](C)C(C)(C)COC(/C=C/I)Cc1ccccc1. The van der Waals surface area contributed by atoms with Gasteiger partial charge in [-0.15, -0.1) is 0 Å². The normalized spacial score (nSPS) is 14.2. The molecule has 0 amide bonds. The van der Waals surface area contributed by atoms with E-state index >= 15 is 0 Å². The molecule has 106 valence electrons. The zero-order valence-electron chi connectivity index (χ0n) is 12.4. The summed E-state index contributed by atoms with van der Waals surface area (Å²) in [5.41, 5.74) is 1.33. The van der Waals surface area contributed by atoms with Crippen LogP contribution in [0.2, 0.25) is 18.1 Å². The molecule has 1 aromatic carbocycles. The molecule has 0 aliphatic heterocycles. The maximum atomic E-state index is 6.16. The van der Waals surface area contributed by atoms with Crippen molar-refractivity contribution in [2.75, 3.05) is 6.61 Å². The van der Waals surface area contributed by atoms with Gasteiger partial charge in [0.15, 0.2) is 0 Å². The molecule has 1 nitrogen and oxygen atoms in total. The largest absolute Gasteiger partial charge is 0.374 e. The molecule has 0 radical (unpaired) electrons. The third kappa shape index (κ3) is 6.23. The van der Waals surface area contributed by atoms with Crippen LogP contribution in [-0.4, -0.2) is 21.5 Å². The van der Waals surface area contributed by atoms with Gasteiger partial charge < -0.3 is 4.74 Å². The minimum absolute atomic E-state index is 0.186. The lowest BCUT2D eigenvalue weighted by molar-refractivity contribution is 0.0687. The average molecular weight is 388 g/mol. The summed E-state index contributed by atoms with van der Waals surface area (Å²) < 4.78 is 8.22. The van der Waals surface area contributed by atoms with Crippen LogP contribution < -0.4 is 0 Å². The van der Waals surface area contributed by atoms with Crippen LogP contribution in [0.4, 0.5) is 0 Å². The molecule has 0 aromatic heterocycles. The molecule has 0 saturated heterocycles. The lowest BCUT2D eigenvalue weighted by Crippen LogP contribution is -2.29. The van der Waals surface area contributed by atoms with Crippen LogP contribution in [0.25, 0.3) is 0 Å². The van der Waals surface area contributed by atoms with Crippen LogP contribution in [-0.2, 0) is 11.2 Å². The lowest BCUT2D eigenvalue weighted by atomic mass is 10.1. The smallest absolute Gasteiger partial charge is 0.0803 e. The van der Waals surface area contributed by atoms with Crippen LogP contribution in [0.5, 0.6) is 0 Å². The molecule has 0 heterocycles. The highest BCUT2D eigenvalue weighted by atomic mass is 127. The summed E-state index contributed by atoms with van der Waals surface area (Å²) in [6.07, 6.45) is 3.30. The second-order valence-corrected chi connectivity index (χ2v) is 10.6. The van der Waals surface area contributed by atoms with Gasteiger partial charge in [0.25, 0.3) is 0 Å². The fourth-order valence-electron chi connectivity index (χ4n) is 1.60. The van der Waals surface area contributed by atoms with Crippen LogP contribution in [0.15, 0.2) is 40.5 Å². The third-order valence-corrected chi connectivity index (χ3v) is 7.51. The predicted molar refractivity (Wildman–Crippen MR) is 96.0 cm³/mol. The molecule has 0 N–H and O–H groups in total. The van der Waals surface area contributed by atoms with E-state index in [-0.39, 0.29) is 6.10 Å². The molecule has 1 atom stereocenters. The maximum Gasteiger partial charge on any atom is 0.0803 e. The van der Waals surface area contributed by atoms with Crippen molar-refractivity contribution in [2.45, 2.75) is 44.5 Å². The Morgan fingerprint density at radius 2 is 1.89 bits per heavy atom. The van der Waals surface area contributed by atoms with Crippen LogP contribution in [0, 0.1) is 0 Å². The van der Waals surface area contributed by atoms with Gasteiger partial charge >= 0.3 is 0 Å². The van der Waals surface area contributed by atoms with E-state index < -0.39 is 8.80 Å². The Balaban J connectivity index is 2.59. The Hall–Kier alpha value is -0.133. The Morgan fingerprint density at radius 3 is 2.42 bits per heavy atom. The van der Waals surface area contributed by atoms with Gasteiger partial charge in [0.1, 0.15) is 0 Å². The number of benzene rings is 1. The Morgan fingerprint density at radius 1 is 1.26 bits per heavy atom. The van der Waals surface area contributed by atoms with Crippen molar-refractivity contribution < 1.29 is 4.74 Å². The van der Waals surface area contributed by atoms with Crippen molar-refractivity contribution in [1.29, 1.82) is 0 Å². The summed E-state index contributed by atoms with van der Waals surface area (Å²) in [7, 11) is -0.694. The average Bonchev–Trinajstić information content (AvgIpc) is 2.37. The third-order valence-electron chi connectivity index (χ3n) is 3.80. The van der Waals surface area contributed by atoms with Gasteiger partial charge in [-0.05, 0) is 20.8 Å². The maximum absolute atomic E-state index is 6.16. The fraction of sp³-hybridized carbons (Fsp3) is 0.500. The van der Waals surface area contributed by atoms with Gasteiger partial charge in [0, 0.05) is 21.8 Å². The summed E-state index contributed by atoms with van der Waals surface area (Å²) in [5, 5.41) is 0.355. The number of ether oxygens (including phenoxy) is 1. The van der Waals surface area contributed by atoms with Gasteiger partial charge in [-0.1, -0.05) is 79.9 Å². The van der Waals surface area contributed by atoms with E-state index in [2.05, 4.69) is 90.0 Å². The topological polar surface area (TPSA) is 9.23 Å². The van der Waals surface area contributed by atoms with Gasteiger partial charge in [-0.2, -0.15) is 0 Å². The zero-order chi connectivity index (χ0) is 14.3. The van der Waals surface area contributed by atoms with E-state index in [1.165, 1.54) is 5.56 Å². The number of hydrogen-bond acceptors (Lipinski definition) is 1. The number of rotatable bonds is 7. The van der Waals surface area contributed by atoms with Gasteiger partial charge in [-0.3, -0.25) is 0 Å². The van der Waals surface area contributed by atoms with Crippen molar-refractivity contribution in [1.82, 2.24) is 0 Å². The van der Waals surface area contributed by atoms with E-state index in [0.29, 0.717) is 5.04 Å². The quantitative estimate of drug-likeness (QED) is 0.480. The standard InChI is InChI=1S/C16H25IOSi/c1-16(2,19(3)4)13-18-15(10-11-17)12-14-8-6-5-7-9-14/h5-11,15,19H,12-13H2,1-4H3/b11-10+. The van der Waals surface area contributed by atoms with Crippen LogP contribution in [0.1, 0.15) is 19.4 Å². The first-order valence-corrected chi connectivity index (χ1v) is 11.0. The molecule has 1 unspecified atom stereocenters. The number of hydrogen-bond donors (Lipinski definition) is 0. The summed E-state index contributed by atoms with van der Waals surface area (Å²) >= 11 is 2.27. The lowest BCUT2D eigenvalue weighted by Gasteiger charge is -2.29. The highest BCUT2D eigenvalue weighted by molar-refractivity contribution is 14.1. The molecule has 1 aromatic rings. The summed E-state index contributed by atoms with van der Waals surface area (Å²) in [4.78, 5) is 0. The highest BCUT2D eigenvalue weighted by Crippen LogP contribution is 2.29. The minimum atomic E-state index is -0.694. The van der Waals surface area contributed by atoms with Gasteiger partial charge in [0.05, 0.1) is 6.10 Å². The van der Waals surface area contributed by atoms with E-state index in [4.69, 9.17) is 4.74 Å². The monoisotopic (exact) mass is 388 g/mol. The van der Waals surface area contributed by atoms with E-state index in [1.807, 2.05) is 0 Å². The van der Waals surface area contributed by atoms with E-state index in [1.54, 1.807) is 0 Å². The molecule has 0 aliphatic rings. The first kappa shape index (κ1) is 16.9. The summed E-state index contributed by atoms with van der Waals surface area (Å²) in [6.45, 7) is 10.3. The van der Waals surface area contributed by atoms with Crippen molar-refractivity contribution in [3.05, 3.63) is 46.1 Å². The molecular weight excluding hydrogens is 363 g/mol. The first-order valence-electron chi connectivity index (χ1n) is 6.88. The van der Waals surface area contributed by atoms with Crippen molar-refractivity contribution >= 4 is 31.4 Å². The summed E-state index contributed by atoms with van der Waals surface area (Å²) in [6, 6.07) is 10.6. The number of halogens is 1. The van der Waals surface area contributed by atoms with E-state index in [0.717, 1.165) is 13.0 Å². The molecule has 1 rings (SSSR count). The fourth-order valence-corrected chi connectivity index (χ4v) is 2.49. The molecule has 0 spiro atoms. The van der Waals surface area contributed by atoms with Crippen molar-refractivity contribution in [3.63, 3.8) is 0 Å². The second-order valence-electron chi connectivity index (χ2n) is 6.00. The molecule has 0 aliphatic carbocycles. The Bertz CT molecular complexity index is 387. The second kappa shape index (κ2) is 8.22. The van der Waals surface area contributed by atoms with Crippen molar-refractivity contribution in [3.8, 4) is 0 Å². The Labute approximate surface area is 133 Å². The van der Waals surface area contributed by atoms with Crippen LogP contribution >= 0.6 is 22.6 Å². The summed E-state index contributed by atoms with van der Waals surface area (Å²) in [5.74, 6) is 0. The molecular formula is C16H25IOSi. The minimum Gasteiger partial charge on any atom is -0.374 e. The molecule has 19 heavy (non-hydrogen) atoms. The first-order chi connectivity index (χ1) is 8.95. The zero-order valence-corrected chi connectivity index (χ0v) is 15.7. The molecule has 3 heteroatoms. The van der Waals surface area contributed by atoms with Gasteiger partial charge in [-0.25, -0.2) is 0 Å². The van der Waals surface area contributed by atoms with Gasteiger partial charge in [0.2, 0.25) is 0 Å². The predicted octanol–water partition coefficient (Wildman–Crippen LogP) is 4.83. The highest BCUT2D eigenvalue weighted by Gasteiger charge is 2.24. The Kier molecular flexibility index (Phi) is 7.32.